The molecule has 0 unspecified atom stereocenters. The molecule has 0 spiro atoms. The molecule has 96 valence electrons. The van der Waals surface area contributed by atoms with Crippen LogP contribution in [0.15, 0.2) is 12.1 Å². The van der Waals surface area contributed by atoms with Crippen LogP contribution in [0.25, 0.3) is 0 Å². The molecule has 1 aromatic rings. The quantitative estimate of drug-likeness (QED) is 0.788. The Bertz CT molecular complexity index is 396. The van der Waals surface area contributed by atoms with E-state index in [1.54, 1.807) is 19.1 Å². The molecule has 0 aliphatic carbocycles. The molecule has 1 rings (SSSR count). The molecule has 0 aliphatic heterocycles. The van der Waals surface area contributed by atoms with Gasteiger partial charge in [0.1, 0.15) is 0 Å². The lowest BCUT2D eigenvalue weighted by Gasteiger charge is -2.11. The van der Waals surface area contributed by atoms with Crippen molar-refractivity contribution in [2.24, 2.45) is 0 Å². The van der Waals surface area contributed by atoms with Crippen molar-refractivity contribution in [3.8, 4) is 0 Å². The van der Waals surface area contributed by atoms with Gasteiger partial charge in [0.2, 0.25) is 0 Å². The Morgan fingerprint density at radius 2 is 1.88 bits per heavy atom. The number of benzene rings is 1. The molecule has 0 amide bonds. The summed E-state index contributed by atoms with van der Waals surface area (Å²) in [6, 6.07) is 3.28. The first-order valence-electron chi connectivity index (χ1n) is 4.70. The number of halogens is 5. The van der Waals surface area contributed by atoms with Crippen molar-refractivity contribution in [2.75, 3.05) is 17.6 Å². The molecular weight excluding hydrogens is 294 g/mol. The third-order valence-electron chi connectivity index (χ3n) is 1.93. The van der Waals surface area contributed by atoms with Gasteiger partial charge in [0.25, 0.3) is 0 Å². The first-order valence-corrected chi connectivity index (χ1v) is 6.44. The van der Waals surface area contributed by atoms with Crippen LogP contribution in [-0.2, 0) is 0 Å². The van der Waals surface area contributed by atoms with Crippen LogP contribution in [0.5, 0.6) is 0 Å². The number of hydrogen-bond acceptors (Lipinski definition) is 2. The molecule has 1 nitrogen and oxygen atoms in total. The van der Waals surface area contributed by atoms with Gasteiger partial charge < -0.3 is 5.32 Å². The third kappa shape index (κ3) is 5.27. The molecule has 0 fully saturated rings. The molecule has 17 heavy (non-hydrogen) atoms. The van der Waals surface area contributed by atoms with E-state index in [0.717, 1.165) is 5.56 Å². The first-order chi connectivity index (χ1) is 7.79. The summed E-state index contributed by atoms with van der Waals surface area (Å²) in [5.41, 5.74) is -2.83. The largest absolute Gasteiger partial charge is 0.441 e. The summed E-state index contributed by atoms with van der Waals surface area (Å²) < 4.78 is 35.6. The van der Waals surface area contributed by atoms with E-state index in [1.165, 1.54) is 0 Å². The Morgan fingerprint density at radius 1 is 1.24 bits per heavy atom. The molecule has 1 N–H and O–H groups in total. The minimum Gasteiger partial charge on any atom is -0.383 e. The van der Waals surface area contributed by atoms with E-state index in [4.69, 9.17) is 23.2 Å². The van der Waals surface area contributed by atoms with Gasteiger partial charge in [-0.15, -0.1) is 0 Å². The van der Waals surface area contributed by atoms with Crippen molar-refractivity contribution in [2.45, 2.75) is 12.4 Å². The number of hydrogen-bond donors (Lipinski definition) is 1. The highest BCUT2D eigenvalue weighted by Gasteiger charge is 2.27. The monoisotopic (exact) mass is 303 g/mol. The summed E-state index contributed by atoms with van der Waals surface area (Å²) in [6.07, 6.45) is 0. The van der Waals surface area contributed by atoms with Crippen LogP contribution < -0.4 is 5.32 Å². The lowest BCUT2D eigenvalue weighted by atomic mass is 10.2. The van der Waals surface area contributed by atoms with Crippen LogP contribution in [0.2, 0.25) is 10.0 Å². The van der Waals surface area contributed by atoms with Crippen molar-refractivity contribution < 1.29 is 13.2 Å². The minimum atomic E-state index is -4.20. The molecule has 0 aliphatic rings. The maximum atomic E-state index is 11.9. The molecule has 1 aromatic carbocycles. The molecule has 0 atom stereocenters. The minimum absolute atomic E-state index is 0.0725. The summed E-state index contributed by atoms with van der Waals surface area (Å²) in [5, 5.41) is 3.79. The Morgan fingerprint density at radius 3 is 2.47 bits per heavy atom. The van der Waals surface area contributed by atoms with Gasteiger partial charge in [-0.2, -0.15) is 13.2 Å². The zero-order valence-electron chi connectivity index (χ0n) is 8.87. The molecule has 0 saturated heterocycles. The number of thioether (sulfide) groups is 1. The summed E-state index contributed by atoms with van der Waals surface area (Å²) in [7, 11) is 0. The molecule has 0 heterocycles. The highest BCUT2D eigenvalue weighted by molar-refractivity contribution is 8.00. The fourth-order valence-corrected chi connectivity index (χ4v) is 2.02. The first kappa shape index (κ1) is 14.8. The second kappa shape index (κ2) is 6.07. The topological polar surface area (TPSA) is 12.0 Å². The number of alkyl halides is 3. The van der Waals surface area contributed by atoms with Crippen molar-refractivity contribution in [3.63, 3.8) is 0 Å². The van der Waals surface area contributed by atoms with Crippen LogP contribution >= 0.6 is 35.0 Å². The van der Waals surface area contributed by atoms with Crippen molar-refractivity contribution >= 4 is 40.7 Å². The molecular formula is C10H10Cl2F3NS. The highest BCUT2D eigenvalue weighted by Crippen LogP contribution is 2.31. The van der Waals surface area contributed by atoms with E-state index in [2.05, 4.69) is 5.32 Å². The standard InChI is InChI=1S/C10H10Cl2F3NS/c1-6-4-8(12)9(5-7(6)11)16-2-3-17-10(13,14)15/h4-5,16H,2-3H2,1H3. The van der Waals surface area contributed by atoms with Gasteiger partial charge >= 0.3 is 5.51 Å². The Kier molecular flexibility index (Phi) is 5.28. The van der Waals surface area contributed by atoms with Gasteiger partial charge in [-0.3, -0.25) is 0 Å². The van der Waals surface area contributed by atoms with E-state index in [-0.39, 0.29) is 24.1 Å². The van der Waals surface area contributed by atoms with E-state index in [9.17, 15) is 13.2 Å². The molecule has 0 saturated carbocycles. The Balaban J connectivity index is 2.50. The normalized spacial score (nSPS) is 11.6. The van der Waals surface area contributed by atoms with E-state index < -0.39 is 5.51 Å². The highest BCUT2D eigenvalue weighted by atomic mass is 35.5. The summed E-state index contributed by atoms with van der Waals surface area (Å²) >= 11 is 11.7. The van der Waals surface area contributed by atoms with E-state index in [0.29, 0.717) is 15.7 Å². The summed E-state index contributed by atoms with van der Waals surface area (Å²) in [6.45, 7) is 1.97. The van der Waals surface area contributed by atoms with Gasteiger partial charge in [0, 0.05) is 17.3 Å². The van der Waals surface area contributed by atoms with Gasteiger partial charge in [-0.25, -0.2) is 0 Å². The van der Waals surface area contributed by atoms with Crippen LogP contribution in [-0.4, -0.2) is 17.8 Å². The van der Waals surface area contributed by atoms with Crippen LogP contribution in [0.1, 0.15) is 5.56 Å². The molecule has 7 heteroatoms. The lowest BCUT2D eigenvalue weighted by Crippen LogP contribution is -2.09. The van der Waals surface area contributed by atoms with Crippen LogP contribution in [0.4, 0.5) is 18.9 Å². The van der Waals surface area contributed by atoms with Crippen molar-refractivity contribution in [1.29, 1.82) is 0 Å². The number of anilines is 1. The Hall–Kier alpha value is -0.260. The summed E-state index contributed by atoms with van der Waals surface area (Å²) in [4.78, 5) is 0. The maximum Gasteiger partial charge on any atom is 0.441 e. The Labute approximate surface area is 112 Å². The zero-order valence-corrected chi connectivity index (χ0v) is 11.2. The third-order valence-corrected chi connectivity index (χ3v) is 3.39. The smallest absolute Gasteiger partial charge is 0.383 e. The zero-order chi connectivity index (χ0) is 13.1. The van der Waals surface area contributed by atoms with Gasteiger partial charge in [0.15, 0.2) is 0 Å². The molecule has 0 bridgehead atoms. The van der Waals surface area contributed by atoms with Crippen LogP contribution in [0.3, 0.4) is 0 Å². The van der Waals surface area contributed by atoms with Gasteiger partial charge in [0.05, 0.1) is 10.7 Å². The summed E-state index contributed by atoms with van der Waals surface area (Å²) in [5.74, 6) is -0.0781. The predicted molar refractivity (Wildman–Crippen MR) is 68.2 cm³/mol. The van der Waals surface area contributed by atoms with Crippen molar-refractivity contribution in [1.82, 2.24) is 0 Å². The van der Waals surface area contributed by atoms with Crippen LogP contribution in [0, 0.1) is 6.92 Å². The van der Waals surface area contributed by atoms with Gasteiger partial charge in [-0.1, -0.05) is 23.2 Å². The second-order valence-electron chi connectivity index (χ2n) is 3.30. The number of nitrogens with one attached hydrogen (secondary N) is 1. The lowest BCUT2D eigenvalue weighted by molar-refractivity contribution is -0.0327. The van der Waals surface area contributed by atoms with Crippen molar-refractivity contribution in [3.05, 3.63) is 27.7 Å². The molecule has 0 radical (unpaired) electrons. The average molecular weight is 304 g/mol. The van der Waals surface area contributed by atoms with Gasteiger partial charge in [-0.05, 0) is 36.4 Å². The fraction of sp³-hybridized carbons (Fsp3) is 0.400. The average Bonchev–Trinajstić information content (AvgIpc) is 2.18. The number of rotatable bonds is 4. The fourth-order valence-electron chi connectivity index (χ4n) is 1.13. The van der Waals surface area contributed by atoms with E-state index in [1.807, 2.05) is 0 Å². The predicted octanol–water partition coefficient (Wildman–Crippen LogP) is 4.97. The van der Waals surface area contributed by atoms with E-state index >= 15 is 0 Å². The SMILES string of the molecule is Cc1cc(Cl)c(NCCSC(F)(F)F)cc1Cl. The molecule has 0 aromatic heterocycles. The maximum absolute atomic E-state index is 11.9. The second-order valence-corrected chi connectivity index (χ2v) is 5.28. The number of aryl methyl sites for hydroxylation is 1.